The molecule has 1 aliphatic heterocycles. The first kappa shape index (κ1) is 10.9. The van der Waals surface area contributed by atoms with Crippen LogP contribution in [0.25, 0.3) is 0 Å². The van der Waals surface area contributed by atoms with E-state index in [4.69, 9.17) is 4.74 Å². The standard InChI is InChI=1S/C10H19O2S/c1-10(2,3)12-9(11)8-13-6-4-5-7-13/h4-8H2,1-3H3/q+1. The van der Waals surface area contributed by atoms with E-state index in [1.165, 1.54) is 24.3 Å². The molecule has 0 spiro atoms. The molecule has 0 N–H and O–H groups in total. The fraction of sp³-hybridized carbons (Fsp3) is 0.900. The van der Waals surface area contributed by atoms with E-state index < -0.39 is 0 Å². The number of carbonyl (C=O) groups is 1. The Labute approximate surface area is 83.4 Å². The number of hydrogen-bond donors (Lipinski definition) is 0. The van der Waals surface area contributed by atoms with Gasteiger partial charge < -0.3 is 4.74 Å². The van der Waals surface area contributed by atoms with E-state index >= 15 is 0 Å². The third-order valence-electron chi connectivity index (χ3n) is 1.86. The highest BCUT2D eigenvalue weighted by molar-refractivity contribution is 7.97. The van der Waals surface area contributed by atoms with Crippen LogP contribution in [0.15, 0.2) is 0 Å². The molecule has 0 saturated carbocycles. The van der Waals surface area contributed by atoms with Crippen molar-refractivity contribution in [2.45, 2.75) is 39.2 Å². The molecule has 0 amide bonds. The van der Waals surface area contributed by atoms with Crippen molar-refractivity contribution in [2.24, 2.45) is 0 Å². The predicted molar refractivity (Wildman–Crippen MR) is 57.0 cm³/mol. The van der Waals surface area contributed by atoms with Crippen LogP contribution < -0.4 is 0 Å². The fourth-order valence-electron chi connectivity index (χ4n) is 1.40. The maximum Gasteiger partial charge on any atom is 0.356 e. The third kappa shape index (κ3) is 4.55. The second-order valence-electron chi connectivity index (χ2n) is 4.46. The monoisotopic (exact) mass is 203 g/mol. The predicted octanol–water partition coefficient (Wildman–Crippen LogP) is 1.74. The molecule has 1 saturated heterocycles. The topological polar surface area (TPSA) is 26.3 Å². The molecular formula is C10H19O2S+. The molecule has 3 heteroatoms. The lowest BCUT2D eigenvalue weighted by molar-refractivity contribution is -0.151. The Bertz CT molecular complexity index is 178. The van der Waals surface area contributed by atoms with Gasteiger partial charge in [-0.15, -0.1) is 0 Å². The van der Waals surface area contributed by atoms with Gasteiger partial charge in [-0.2, -0.15) is 0 Å². The molecule has 1 heterocycles. The Morgan fingerprint density at radius 1 is 1.31 bits per heavy atom. The second-order valence-corrected chi connectivity index (χ2v) is 6.79. The maximum atomic E-state index is 11.4. The van der Waals surface area contributed by atoms with E-state index in [-0.39, 0.29) is 11.6 Å². The van der Waals surface area contributed by atoms with Gasteiger partial charge >= 0.3 is 5.97 Å². The minimum atomic E-state index is -0.319. The summed E-state index contributed by atoms with van der Waals surface area (Å²) in [7, 11) is 0.333. The summed E-state index contributed by atoms with van der Waals surface area (Å²) in [6.45, 7) is 5.76. The molecule has 1 fully saturated rings. The lowest BCUT2D eigenvalue weighted by atomic mass is 10.2. The average Bonchev–Trinajstić information content (AvgIpc) is 2.34. The van der Waals surface area contributed by atoms with Gasteiger partial charge in [0.2, 0.25) is 5.75 Å². The first-order chi connectivity index (χ1) is 5.97. The molecule has 13 heavy (non-hydrogen) atoms. The van der Waals surface area contributed by atoms with Gasteiger partial charge in [-0.25, -0.2) is 4.79 Å². The van der Waals surface area contributed by atoms with Gasteiger partial charge in [-0.1, -0.05) is 0 Å². The van der Waals surface area contributed by atoms with Crippen molar-refractivity contribution in [3.8, 4) is 0 Å². The molecule has 2 nitrogen and oxygen atoms in total. The smallest absolute Gasteiger partial charge is 0.356 e. The lowest BCUT2D eigenvalue weighted by Gasteiger charge is -2.18. The molecule has 0 bridgehead atoms. The van der Waals surface area contributed by atoms with Gasteiger partial charge in [0.25, 0.3) is 0 Å². The summed E-state index contributed by atoms with van der Waals surface area (Å²) in [5.74, 6) is 3.10. The minimum absolute atomic E-state index is 0.0160. The van der Waals surface area contributed by atoms with E-state index in [0.717, 1.165) is 0 Å². The number of ether oxygens (including phenoxy) is 1. The van der Waals surface area contributed by atoms with Crippen LogP contribution >= 0.6 is 0 Å². The van der Waals surface area contributed by atoms with Crippen molar-refractivity contribution in [1.29, 1.82) is 0 Å². The van der Waals surface area contributed by atoms with E-state index in [0.29, 0.717) is 16.6 Å². The Kier molecular flexibility index (Phi) is 3.65. The van der Waals surface area contributed by atoms with E-state index in [2.05, 4.69) is 0 Å². The summed E-state index contributed by atoms with van der Waals surface area (Å²) < 4.78 is 5.27. The zero-order chi connectivity index (χ0) is 9.90. The lowest BCUT2D eigenvalue weighted by Crippen LogP contribution is -2.29. The van der Waals surface area contributed by atoms with Crippen molar-refractivity contribution in [1.82, 2.24) is 0 Å². The highest BCUT2D eigenvalue weighted by Gasteiger charge is 2.29. The Balaban J connectivity index is 2.24. The molecule has 1 aliphatic rings. The summed E-state index contributed by atoms with van der Waals surface area (Å²) in [6, 6.07) is 0. The molecular weight excluding hydrogens is 184 g/mol. The van der Waals surface area contributed by atoms with Crippen molar-refractivity contribution in [2.75, 3.05) is 17.3 Å². The van der Waals surface area contributed by atoms with Crippen LogP contribution in [0.1, 0.15) is 33.6 Å². The van der Waals surface area contributed by atoms with Crippen LogP contribution in [0.4, 0.5) is 0 Å². The number of carbonyl (C=O) groups excluding carboxylic acids is 1. The van der Waals surface area contributed by atoms with E-state index in [1.54, 1.807) is 0 Å². The normalized spacial score (nSPS) is 19.0. The first-order valence-electron chi connectivity index (χ1n) is 4.83. The van der Waals surface area contributed by atoms with Gasteiger partial charge in [-0.05, 0) is 44.5 Å². The van der Waals surface area contributed by atoms with Crippen molar-refractivity contribution in [3.05, 3.63) is 0 Å². The molecule has 0 aliphatic carbocycles. The first-order valence-corrected chi connectivity index (χ1v) is 6.56. The highest BCUT2D eigenvalue weighted by Crippen LogP contribution is 2.15. The SMILES string of the molecule is CC(C)(C)OC(=O)C[S+]1CCCC1. The Morgan fingerprint density at radius 2 is 1.85 bits per heavy atom. The molecule has 0 unspecified atom stereocenters. The molecule has 0 aromatic carbocycles. The van der Waals surface area contributed by atoms with Gasteiger partial charge in [0.15, 0.2) is 0 Å². The van der Waals surface area contributed by atoms with Crippen LogP contribution in [-0.4, -0.2) is 28.8 Å². The molecule has 1 rings (SSSR count). The van der Waals surface area contributed by atoms with E-state index in [9.17, 15) is 4.79 Å². The third-order valence-corrected chi connectivity index (χ3v) is 4.23. The largest absolute Gasteiger partial charge is 0.456 e. The van der Waals surface area contributed by atoms with Gasteiger partial charge in [0.1, 0.15) is 17.1 Å². The zero-order valence-electron chi connectivity index (χ0n) is 8.76. The highest BCUT2D eigenvalue weighted by atomic mass is 32.2. The molecule has 0 aromatic heterocycles. The zero-order valence-corrected chi connectivity index (χ0v) is 9.58. The fourth-order valence-corrected chi connectivity index (χ4v) is 3.51. The van der Waals surface area contributed by atoms with Gasteiger partial charge in [0, 0.05) is 0 Å². The summed E-state index contributed by atoms with van der Waals surface area (Å²) in [4.78, 5) is 11.4. The average molecular weight is 203 g/mol. The second kappa shape index (κ2) is 4.36. The molecule has 0 atom stereocenters. The Hall–Kier alpha value is -0.180. The summed E-state index contributed by atoms with van der Waals surface area (Å²) in [6.07, 6.45) is 2.60. The molecule has 0 radical (unpaired) electrons. The van der Waals surface area contributed by atoms with E-state index in [1.807, 2.05) is 20.8 Å². The molecule has 0 aromatic rings. The number of hydrogen-bond acceptors (Lipinski definition) is 2. The number of esters is 1. The summed E-state index contributed by atoms with van der Waals surface area (Å²) in [5.41, 5.74) is -0.319. The maximum absolute atomic E-state index is 11.4. The van der Waals surface area contributed by atoms with Gasteiger partial charge in [0.05, 0.1) is 0 Å². The van der Waals surface area contributed by atoms with Crippen molar-refractivity contribution in [3.63, 3.8) is 0 Å². The summed E-state index contributed by atoms with van der Waals surface area (Å²) >= 11 is 0. The van der Waals surface area contributed by atoms with Gasteiger partial charge in [-0.3, -0.25) is 0 Å². The van der Waals surface area contributed by atoms with Crippen LogP contribution in [-0.2, 0) is 20.4 Å². The van der Waals surface area contributed by atoms with Crippen LogP contribution in [0.5, 0.6) is 0 Å². The molecule has 76 valence electrons. The van der Waals surface area contributed by atoms with Crippen LogP contribution in [0.2, 0.25) is 0 Å². The summed E-state index contributed by atoms with van der Waals surface area (Å²) in [5, 5.41) is 0. The van der Waals surface area contributed by atoms with Crippen molar-refractivity contribution < 1.29 is 9.53 Å². The number of rotatable bonds is 2. The van der Waals surface area contributed by atoms with Crippen LogP contribution in [0, 0.1) is 0 Å². The van der Waals surface area contributed by atoms with Crippen molar-refractivity contribution >= 4 is 16.9 Å². The minimum Gasteiger partial charge on any atom is -0.456 e. The quantitative estimate of drug-likeness (QED) is 0.505. The van der Waals surface area contributed by atoms with Crippen LogP contribution in [0.3, 0.4) is 0 Å². The Morgan fingerprint density at radius 3 is 2.31 bits per heavy atom.